The Morgan fingerprint density at radius 1 is 1.42 bits per heavy atom. The molecule has 1 aromatic heterocycles. The maximum atomic E-state index is 13.8. The van der Waals surface area contributed by atoms with Gasteiger partial charge < -0.3 is 15.2 Å². The molecule has 100 valence electrons. The van der Waals surface area contributed by atoms with Crippen LogP contribution in [-0.4, -0.2) is 29.8 Å². The molecule has 2 N–H and O–H groups in total. The normalized spacial score (nSPS) is 10.4. The number of benzene rings is 1. The molecule has 0 saturated heterocycles. The highest BCUT2D eigenvalue weighted by atomic mass is 19.1. The Balaban J connectivity index is 2.38. The van der Waals surface area contributed by atoms with Gasteiger partial charge in [-0.3, -0.25) is 0 Å². The van der Waals surface area contributed by atoms with Crippen molar-refractivity contribution in [2.45, 2.75) is 6.42 Å². The number of amides is 1. The third kappa shape index (κ3) is 2.90. The highest BCUT2D eigenvalue weighted by Gasteiger charge is 2.10. The molecule has 0 atom stereocenters. The number of hydrogen-bond donors (Lipinski definition) is 2. The van der Waals surface area contributed by atoms with Crippen molar-refractivity contribution < 1.29 is 19.0 Å². The number of fused-ring (bicyclic) bond motifs is 1. The third-order valence-electron chi connectivity index (χ3n) is 2.74. The summed E-state index contributed by atoms with van der Waals surface area (Å²) in [4.78, 5) is 14.6. The third-order valence-corrected chi connectivity index (χ3v) is 2.74. The van der Waals surface area contributed by atoms with Crippen LogP contribution in [0, 0.1) is 5.82 Å². The van der Waals surface area contributed by atoms with Gasteiger partial charge in [-0.05, 0) is 24.6 Å². The van der Waals surface area contributed by atoms with E-state index in [2.05, 4.69) is 10.3 Å². The highest BCUT2D eigenvalue weighted by Crippen LogP contribution is 2.23. The first kappa shape index (κ1) is 13.1. The molecule has 19 heavy (non-hydrogen) atoms. The Bertz CT molecular complexity index is 616. The molecule has 2 aromatic rings. The van der Waals surface area contributed by atoms with Crippen LogP contribution >= 0.6 is 0 Å². The molecule has 0 spiro atoms. The van der Waals surface area contributed by atoms with E-state index in [4.69, 9.17) is 9.84 Å². The van der Waals surface area contributed by atoms with Crippen LogP contribution in [0.5, 0.6) is 5.88 Å². The minimum Gasteiger partial charge on any atom is -0.481 e. The van der Waals surface area contributed by atoms with Gasteiger partial charge in [0, 0.05) is 23.6 Å². The minimum atomic E-state index is -1.13. The Hall–Kier alpha value is -2.37. The smallest absolute Gasteiger partial charge is 0.404 e. The molecule has 5 nitrogen and oxygen atoms in total. The van der Waals surface area contributed by atoms with Crippen molar-refractivity contribution in [2.75, 3.05) is 13.7 Å². The minimum absolute atomic E-state index is 0.129. The average molecular weight is 264 g/mol. The summed E-state index contributed by atoms with van der Waals surface area (Å²) >= 11 is 0. The number of hydrogen-bond acceptors (Lipinski definition) is 3. The van der Waals surface area contributed by atoms with E-state index in [0.717, 1.165) is 5.39 Å². The van der Waals surface area contributed by atoms with Gasteiger partial charge in [-0.2, -0.15) is 0 Å². The number of methoxy groups -OCH3 is 1. The SMILES string of the molecule is COc1ccc2ccc(F)c(CCNC(=O)O)c2n1. The Morgan fingerprint density at radius 3 is 2.84 bits per heavy atom. The predicted molar refractivity (Wildman–Crippen MR) is 68.0 cm³/mol. The van der Waals surface area contributed by atoms with E-state index in [0.29, 0.717) is 17.0 Å². The van der Waals surface area contributed by atoms with Crippen molar-refractivity contribution in [3.63, 3.8) is 0 Å². The lowest BCUT2D eigenvalue weighted by molar-refractivity contribution is 0.194. The molecule has 0 aliphatic carbocycles. The van der Waals surface area contributed by atoms with E-state index < -0.39 is 11.9 Å². The maximum Gasteiger partial charge on any atom is 0.404 e. The van der Waals surface area contributed by atoms with E-state index in [1.807, 2.05) is 0 Å². The number of nitrogens with one attached hydrogen (secondary N) is 1. The number of aromatic nitrogens is 1. The molecule has 0 aliphatic heterocycles. The summed E-state index contributed by atoms with van der Waals surface area (Å²) < 4.78 is 18.8. The molecule has 0 radical (unpaired) electrons. The van der Waals surface area contributed by atoms with Crippen molar-refractivity contribution in [1.82, 2.24) is 10.3 Å². The van der Waals surface area contributed by atoms with Gasteiger partial charge in [0.2, 0.25) is 5.88 Å². The van der Waals surface area contributed by atoms with Crippen LogP contribution in [0.3, 0.4) is 0 Å². The Labute approximate surface area is 109 Å². The lowest BCUT2D eigenvalue weighted by atomic mass is 10.1. The summed E-state index contributed by atoms with van der Waals surface area (Å²) in [5.41, 5.74) is 0.872. The number of carbonyl (C=O) groups is 1. The zero-order valence-corrected chi connectivity index (χ0v) is 10.3. The summed E-state index contributed by atoms with van der Waals surface area (Å²) in [6, 6.07) is 6.46. The predicted octanol–water partition coefficient (Wildman–Crippen LogP) is 2.19. The molecule has 1 aromatic carbocycles. The molecular weight excluding hydrogens is 251 g/mol. The summed E-state index contributed by atoms with van der Waals surface area (Å²) in [5, 5.41) is 11.5. The highest BCUT2D eigenvalue weighted by molar-refractivity contribution is 5.82. The molecule has 0 unspecified atom stereocenters. The summed E-state index contributed by atoms with van der Waals surface area (Å²) in [6.07, 6.45) is -0.901. The van der Waals surface area contributed by atoms with E-state index >= 15 is 0 Å². The second-order valence-electron chi connectivity index (χ2n) is 3.93. The van der Waals surface area contributed by atoms with Gasteiger partial charge in [0.1, 0.15) is 5.82 Å². The van der Waals surface area contributed by atoms with Crippen molar-refractivity contribution >= 4 is 17.0 Å². The van der Waals surface area contributed by atoms with Gasteiger partial charge in [-0.1, -0.05) is 0 Å². The first-order chi connectivity index (χ1) is 9.11. The second kappa shape index (κ2) is 5.51. The van der Waals surface area contributed by atoms with E-state index in [9.17, 15) is 9.18 Å². The van der Waals surface area contributed by atoms with E-state index in [1.54, 1.807) is 18.2 Å². The second-order valence-corrected chi connectivity index (χ2v) is 3.93. The number of carboxylic acid groups (broad SMARTS) is 1. The van der Waals surface area contributed by atoms with Gasteiger partial charge >= 0.3 is 6.09 Å². The summed E-state index contributed by atoms with van der Waals surface area (Å²) in [7, 11) is 1.49. The van der Waals surface area contributed by atoms with Crippen molar-refractivity contribution in [3.8, 4) is 5.88 Å². The molecule has 6 heteroatoms. The maximum absolute atomic E-state index is 13.8. The Kier molecular flexibility index (Phi) is 3.79. The lowest BCUT2D eigenvalue weighted by Crippen LogP contribution is -2.23. The molecule has 1 amide bonds. The zero-order chi connectivity index (χ0) is 13.8. The fourth-order valence-corrected chi connectivity index (χ4v) is 1.85. The van der Waals surface area contributed by atoms with Gasteiger partial charge in [-0.25, -0.2) is 14.2 Å². The number of nitrogens with zero attached hydrogens (tertiary/aromatic N) is 1. The van der Waals surface area contributed by atoms with Gasteiger partial charge in [0.25, 0.3) is 0 Å². The van der Waals surface area contributed by atoms with Crippen LogP contribution in [0.2, 0.25) is 0 Å². The van der Waals surface area contributed by atoms with Crippen LogP contribution in [0.25, 0.3) is 10.9 Å². The lowest BCUT2D eigenvalue weighted by Gasteiger charge is -2.08. The fourth-order valence-electron chi connectivity index (χ4n) is 1.85. The number of rotatable bonds is 4. The Morgan fingerprint density at radius 2 is 2.16 bits per heavy atom. The first-order valence-corrected chi connectivity index (χ1v) is 5.70. The molecule has 0 aliphatic rings. The summed E-state index contributed by atoms with van der Waals surface area (Å²) in [5.74, 6) is -0.00835. The van der Waals surface area contributed by atoms with Crippen LogP contribution < -0.4 is 10.1 Å². The van der Waals surface area contributed by atoms with Crippen molar-refractivity contribution in [2.24, 2.45) is 0 Å². The standard InChI is InChI=1S/C13H13FN2O3/c1-19-11-5-3-8-2-4-10(14)9(12(8)16-11)6-7-15-13(17)18/h2-5,15H,6-7H2,1H3,(H,17,18). The summed E-state index contributed by atoms with van der Waals surface area (Å²) in [6.45, 7) is 0.129. The molecular formula is C13H13FN2O3. The van der Waals surface area contributed by atoms with E-state index in [-0.39, 0.29) is 13.0 Å². The topological polar surface area (TPSA) is 71.5 Å². The fraction of sp³-hybridized carbons (Fsp3) is 0.231. The number of pyridine rings is 1. The molecule has 0 bridgehead atoms. The molecule has 0 fully saturated rings. The van der Waals surface area contributed by atoms with E-state index in [1.165, 1.54) is 13.2 Å². The van der Waals surface area contributed by atoms with Crippen LogP contribution in [0.1, 0.15) is 5.56 Å². The van der Waals surface area contributed by atoms with Crippen LogP contribution in [-0.2, 0) is 6.42 Å². The molecule has 0 saturated carbocycles. The first-order valence-electron chi connectivity index (χ1n) is 5.70. The molecule has 2 rings (SSSR count). The number of ether oxygens (including phenoxy) is 1. The molecule has 1 heterocycles. The van der Waals surface area contributed by atoms with Crippen molar-refractivity contribution in [3.05, 3.63) is 35.6 Å². The average Bonchev–Trinajstić information content (AvgIpc) is 2.40. The van der Waals surface area contributed by atoms with Gasteiger partial charge in [0.05, 0.1) is 12.6 Å². The van der Waals surface area contributed by atoms with Crippen molar-refractivity contribution in [1.29, 1.82) is 0 Å². The van der Waals surface area contributed by atoms with Gasteiger partial charge in [-0.15, -0.1) is 0 Å². The largest absolute Gasteiger partial charge is 0.481 e. The van der Waals surface area contributed by atoms with Gasteiger partial charge in [0.15, 0.2) is 0 Å². The monoisotopic (exact) mass is 264 g/mol. The number of halogens is 1. The van der Waals surface area contributed by atoms with Crippen LogP contribution in [0.4, 0.5) is 9.18 Å². The quantitative estimate of drug-likeness (QED) is 0.888. The van der Waals surface area contributed by atoms with Crippen LogP contribution in [0.15, 0.2) is 24.3 Å². The zero-order valence-electron chi connectivity index (χ0n) is 10.3.